The third kappa shape index (κ3) is 19.4. The minimum atomic E-state index is -1.38. The number of rotatable bonds is 15. The van der Waals surface area contributed by atoms with Gasteiger partial charge in [0.05, 0.1) is 0 Å². The SMILES string of the molecule is CCCCCCCCO[P+](=O)CCCCCCCC.[Nd]. The summed E-state index contributed by atoms with van der Waals surface area (Å²) in [5.41, 5.74) is 0. The summed E-state index contributed by atoms with van der Waals surface area (Å²) in [6, 6.07) is 0. The molecule has 0 N–H and O–H groups in total. The second kappa shape index (κ2) is 20.4. The van der Waals surface area contributed by atoms with Gasteiger partial charge in [-0.3, -0.25) is 0 Å². The number of hydrogen-bond acceptors (Lipinski definition) is 2. The van der Waals surface area contributed by atoms with Crippen molar-refractivity contribution in [2.24, 2.45) is 0 Å². The zero-order valence-corrected chi connectivity index (χ0v) is 17.8. The molecule has 0 radical (unpaired) electrons. The molecule has 0 aromatic carbocycles. The van der Waals surface area contributed by atoms with Gasteiger partial charge in [-0.25, -0.2) is 0 Å². The van der Waals surface area contributed by atoms with Gasteiger partial charge in [-0.1, -0.05) is 71.6 Å². The minimum absolute atomic E-state index is 0. The molecule has 0 aromatic rings. The Morgan fingerprint density at radius 1 is 0.700 bits per heavy atom. The largest absolute Gasteiger partial charge is 0.508 e. The Bertz CT molecular complexity index is 201. The van der Waals surface area contributed by atoms with Gasteiger partial charge >= 0.3 is 8.03 Å². The molecule has 0 aliphatic rings. The van der Waals surface area contributed by atoms with E-state index in [0.717, 1.165) is 19.0 Å². The van der Waals surface area contributed by atoms with E-state index in [1.165, 1.54) is 64.2 Å². The molecule has 2 nitrogen and oxygen atoms in total. The van der Waals surface area contributed by atoms with Crippen LogP contribution in [0.3, 0.4) is 0 Å². The maximum Gasteiger partial charge on any atom is 0.508 e. The molecular formula is C16H34NdO2P+. The second-order valence-corrected chi connectivity index (χ2v) is 6.80. The van der Waals surface area contributed by atoms with Crippen LogP contribution in [0.15, 0.2) is 0 Å². The first-order valence-electron chi connectivity index (χ1n) is 8.38. The summed E-state index contributed by atoms with van der Waals surface area (Å²) in [4.78, 5) is 0. The summed E-state index contributed by atoms with van der Waals surface area (Å²) in [6.45, 7) is 5.15. The van der Waals surface area contributed by atoms with Crippen molar-refractivity contribution in [3.8, 4) is 0 Å². The molecule has 118 valence electrons. The smallest absolute Gasteiger partial charge is 0.146 e. The van der Waals surface area contributed by atoms with Gasteiger partial charge in [-0.05, 0) is 23.8 Å². The van der Waals surface area contributed by atoms with Gasteiger partial charge in [-0.15, -0.1) is 4.52 Å². The summed E-state index contributed by atoms with van der Waals surface area (Å²) >= 11 is 0. The van der Waals surface area contributed by atoms with Crippen molar-refractivity contribution in [3.63, 3.8) is 0 Å². The summed E-state index contributed by atoms with van der Waals surface area (Å²) < 4.78 is 17.0. The van der Waals surface area contributed by atoms with Crippen LogP contribution < -0.4 is 0 Å². The van der Waals surface area contributed by atoms with Gasteiger partial charge in [0.1, 0.15) is 6.61 Å². The van der Waals surface area contributed by atoms with Crippen LogP contribution in [-0.2, 0) is 9.09 Å². The first-order valence-corrected chi connectivity index (χ1v) is 9.75. The van der Waals surface area contributed by atoms with Crippen molar-refractivity contribution in [1.29, 1.82) is 0 Å². The van der Waals surface area contributed by atoms with E-state index < -0.39 is 8.03 Å². The van der Waals surface area contributed by atoms with Crippen LogP contribution in [0.1, 0.15) is 90.9 Å². The van der Waals surface area contributed by atoms with E-state index in [0.29, 0.717) is 6.61 Å². The Morgan fingerprint density at radius 3 is 1.70 bits per heavy atom. The Labute approximate surface area is 160 Å². The van der Waals surface area contributed by atoms with E-state index in [-0.39, 0.29) is 40.8 Å². The van der Waals surface area contributed by atoms with Crippen molar-refractivity contribution >= 4 is 8.03 Å². The van der Waals surface area contributed by atoms with Crippen LogP contribution in [0.4, 0.5) is 0 Å². The third-order valence-corrected chi connectivity index (χ3v) is 4.58. The molecule has 0 spiro atoms. The quantitative estimate of drug-likeness (QED) is 0.219. The Morgan fingerprint density at radius 2 is 1.15 bits per heavy atom. The summed E-state index contributed by atoms with van der Waals surface area (Å²) in [6.07, 6.45) is 15.8. The van der Waals surface area contributed by atoms with Crippen molar-refractivity contribution in [3.05, 3.63) is 0 Å². The Kier molecular flexibility index (Phi) is 24.2. The standard InChI is InChI=1S/C16H34O2P.Nd/c1-3-5-7-9-11-13-15-18-19(17)16-14-12-10-8-6-4-2;/h3-16H2,1-2H3;/q+1;. The molecule has 0 saturated carbocycles. The minimum Gasteiger partial charge on any atom is -0.146 e. The Balaban J connectivity index is 0. The molecule has 0 amide bonds. The molecule has 20 heavy (non-hydrogen) atoms. The average molecular weight is 434 g/mol. The molecule has 0 aliphatic heterocycles. The van der Waals surface area contributed by atoms with Crippen molar-refractivity contribution in [2.75, 3.05) is 12.8 Å². The van der Waals surface area contributed by atoms with Gasteiger partial charge in [-0.2, -0.15) is 0 Å². The number of hydrogen-bond donors (Lipinski definition) is 0. The predicted octanol–water partition coefficient (Wildman–Crippen LogP) is 6.47. The van der Waals surface area contributed by atoms with Crippen molar-refractivity contribution in [2.45, 2.75) is 90.9 Å². The summed E-state index contributed by atoms with van der Waals surface area (Å²) in [7, 11) is -1.38. The van der Waals surface area contributed by atoms with Gasteiger partial charge in [0.2, 0.25) is 0 Å². The number of unbranched alkanes of at least 4 members (excludes halogenated alkanes) is 10. The zero-order valence-electron chi connectivity index (χ0n) is 13.7. The van der Waals surface area contributed by atoms with E-state index in [1.54, 1.807) is 0 Å². The summed E-state index contributed by atoms with van der Waals surface area (Å²) in [5, 5.41) is 0. The van der Waals surface area contributed by atoms with Gasteiger partial charge in [0.25, 0.3) is 0 Å². The first kappa shape index (κ1) is 23.7. The van der Waals surface area contributed by atoms with E-state index in [2.05, 4.69) is 13.8 Å². The monoisotopic (exact) mass is 431 g/mol. The summed E-state index contributed by atoms with van der Waals surface area (Å²) in [5.74, 6) is 0. The molecule has 0 rings (SSSR count). The molecule has 0 aromatic heterocycles. The topological polar surface area (TPSA) is 26.3 Å². The molecular weight excluding hydrogens is 399 g/mol. The van der Waals surface area contributed by atoms with E-state index in [1.807, 2.05) is 0 Å². The molecule has 1 atom stereocenters. The average Bonchev–Trinajstić information content (AvgIpc) is 2.41. The normalized spacial score (nSPS) is 11.2. The van der Waals surface area contributed by atoms with Crippen LogP contribution in [0.2, 0.25) is 0 Å². The molecule has 0 saturated heterocycles. The third-order valence-electron chi connectivity index (χ3n) is 3.43. The maximum atomic E-state index is 11.6. The molecule has 1 unspecified atom stereocenters. The van der Waals surface area contributed by atoms with Crippen LogP contribution in [0.25, 0.3) is 0 Å². The first-order chi connectivity index (χ1) is 9.31. The second-order valence-electron chi connectivity index (χ2n) is 5.43. The van der Waals surface area contributed by atoms with Crippen LogP contribution >= 0.6 is 8.03 Å². The predicted molar refractivity (Wildman–Crippen MR) is 85.2 cm³/mol. The molecule has 0 bridgehead atoms. The fourth-order valence-electron chi connectivity index (χ4n) is 2.13. The zero-order chi connectivity index (χ0) is 14.2. The molecule has 0 fully saturated rings. The van der Waals surface area contributed by atoms with Crippen molar-refractivity contribution < 1.29 is 49.9 Å². The van der Waals surface area contributed by atoms with E-state index in [9.17, 15) is 4.57 Å². The van der Waals surface area contributed by atoms with Gasteiger partial charge in [0, 0.05) is 40.8 Å². The maximum absolute atomic E-state index is 11.6. The van der Waals surface area contributed by atoms with Crippen molar-refractivity contribution in [1.82, 2.24) is 0 Å². The van der Waals surface area contributed by atoms with Gasteiger partial charge in [0.15, 0.2) is 6.16 Å². The fourth-order valence-corrected chi connectivity index (χ4v) is 3.08. The van der Waals surface area contributed by atoms with Crippen LogP contribution in [-0.4, -0.2) is 12.8 Å². The van der Waals surface area contributed by atoms with E-state index >= 15 is 0 Å². The molecule has 0 heterocycles. The van der Waals surface area contributed by atoms with Gasteiger partial charge < -0.3 is 0 Å². The Hall–Kier alpha value is 1.41. The van der Waals surface area contributed by atoms with Crippen LogP contribution in [0, 0.1) is 40.8 Å². The molecule has 0 aliphatic carbocycles. The molecule has 4 heteroatoms. The van der Waals surface area contributed by atoms with E-state index in [4.69, 9.17) is 4.52 Å². The van der Waals surface area contributed by atoms with Crippen LogP contribution in [0.5, 0.6) is 0 Å². The fraction of sp³-hybridized carbons (Fsp3) is 1.00.